The van der Waals surface area contributed by atoms with Crippen LogP contribution in [0.15, 0.2) is 27.7 Å². The minimum absolute atomic E-state index is 0. The zero-order valence-corrected chi connectivity index (χ0v) is 13.7. The summed E-state index contributed by atoms with van der Waals surface area (Å²) in [4.78, 5) is 16.1. The van der Waals surface area contributed by atoms with Crippen molar-refractivity contribution in [2.24, 2.45) is 4.99 Å². The molecule has 0 unspecified atom stereocenters. The second-order valence-corrected chi connectivity index (χ2v) is 5.30. The Morgan fingerprint density at radius 1 is 1.35 bits per heavy atom. The van der Waals surface area contributed by atoms with E-state index in [4.69, 9.17) is 11.6 Å². The molecule has 1 aromatic carbocycles. The number of nitrogens with zero attached hydrogens (tertiary/aromatic N) is 1. The van der Waals surface area contributed by atoms with Crippen molar-refractivity contribution in [1.82, 2.24) is 10.6 Å². The zero-order chi connectivity index (χ0) is 13.7. The minimum Gasteiger partial charge on any atom is -0.356 e. The van der Waals surface area contributed by atoms with Gasteiger partial charge in [0.2, 0.25) is 0 Å². The number of aliphatic imine (C=N–C) groups is 1. The monoisotopic (exact) mass is 380 g/mol. The molecule has 1 aliphatic rings. The van der Waals surface area contributed by atoms with Gasteiger partial charge in [-0.15, -0.1) is 12.4 Å². The van der Waals surface area contributed by atoms with E-state index in [1.54, 1.807) is 12.1 Å². The van der Waals surface area contributed by atoms with Crippen molar-refractivity contribution in [3.05, 3.63) is 27.7 Å². The SMILES string of the molecule is Cl.O=C(NC1=NCCCCN1)Nc1c(Cl)cccc1Br. The molecule has 0 saturated carbocycles. The molecule has 0 spiro atoms. The van der Waals surface area contributed by atoms with Gasteiger partial charge < -0.3 is 10.6 Å². The molecular formula is C12H15BrCl2N4O. The number of carbonyl (C=O) groups excluding carboxylic acids is 1. The van der Waals surface area contributed by atoms with Crippen LogP contribution in [0.2, 0.25) is 5.02 Å². The van der Waals surface area contributed by atoms with Crippen LogP contribution in [0.25, 0.3) is 0 Å². The van der Waals surface area contributed by atoms with Gasteiger partial charge in [-0.2, -0.15) is 0 Å². The molecule has 1 heterocycles. The molecule has 110 valence electrons. The van der Waals surface area contributed by atoms with Gasteiger partial charge in [0.25, 0.3) is 0 Å². The molecule has 20 heavy (non-hydrogen) atoms. The molecule has 5 nitrogen and oxygen atoms in total. The van der Waals surface area contributed by atoms with Gasteiger partial charge in [-0.05, 0) is 40.9 Å². The quantitative estimate of drug-likeness (QED) is 0.698. The summed E-state index contributed by atoms with van der Waals surface area (Å²) in [7, 11) is 0. The fourth-order valence-corrected chi connectivity index (χ4v) is 2.44. The molecule has 1 aromatic rings. The van der Waals surface area contributed by atoms with Gasteiger partial charge in [-0.3, -0.25) is 10.3 Å². The van der Waals surface area contributed by atoms with Crippen LogP contribution in [0.3, 0.4) is 0 Å². The van der Waals surface area contributed by atoms with E-state index in [2.05, 4.69) is 36.9 Å². The van der Waals surface area contributed by atoms with Crippen LogP contribution in [0.4, 0.5) is 10.5 Å². The summed E-state index contributed by atoms with van der Waals surface area (Å²) in [6.45, 7) is 1.54. The second kappa shape index (κ2) is 8.34. The van der Waals surface area contributed by atoms with Gasteiger partial charge >= 0.3 is 6.03 Å². The van der Waals surface area contributed by atoms with Crippen LogP contribution in [0.5, 0.6) is 0 Å². The largest absolute Gasteiger partial charge is 0.356 e. The fourth-order valence-electron chi connectivity index (χ4n) is 1.64. The van der Waals surface area contributed by atoms with Crippen LogP contribution in [-0.4, -0.2) is 25.1 Å². The number of halogens is 3. The third kappa shape index (κ3) is 4.85. The van der Waals surface area contributed by atoms with Gasteiger partial charge in [-0.1, -0.05) is 17.7 Å². The number of guanidine groups is 1. The lowest BCUT2D eigenvalue weighted by Gasteiger charge is -2.12. The highest BCUT2D eigenvalue weighted by molar-refractivity contribution is 9.10. The van der Waals surface area contributed by atoms with E-state index in [1.165, 1.54) is 0 Å². The third-order valence-corrected chi connectivity index (χ3v) is 3.56. The van der Waals surface area contributed by atoms with Gasteiger partial charge in [0.15, 0.2) is 5.96 Å². The number of urea groups is 1. The first-order chi connectivity index (χ1) is 9.16. The lowest BCUT2D eigenvalue weighted by molar-refractivity contribution is 0.256. The summed E-state index contributed by atoms with van der Waals surface area (Å²) in [6, 6.07) is 4.94. The number of para-hydroxylation sites is 1. The molecule has 3 N–H and O–H groups in total. The van der Waals surface area contributed by atoms with Crippen LogP contribution in [-0.2, 0) is 0 Å². The Morgan fingerprint density at radius 3 is 2.90 bits per heavy atom. The van der Waals surface area contributed by atoms with E-state index in [0.29, 0.717) is 16.7 Å². The summed E-state index contributed by atoms with van der Waals surface area (Å²) < 4.78 is 0.728. The molecule has 8 heteroatoms. The summed E-state index contributed by atoms with van der Waals surface area (Å²) in [5, 5.41) is 8.90. The summed E-state index contributed by atoms with van der Waals surface area (Å²) in [5.74, 6) is 0.498. The van der Waals surface area contributed by atoms with Gasteiger partial charge in [0.1, 0.15) is 0 Å². The highest BCUT2D eigenvalue weighted by atomic mass is 79.9. The molecule has 2 rings (SSSR count). The first-order valence-corrected chi connectivity index (χ1v) is 7.14. The number of carbonyl (C=O) groups is 1. The molecule has 0 aliphatic carbocycles. The number of rotatable bonds is 1. The topological polar surface area (TPSA) is 65.5 Å². The van der Waals surface area contributed by atoms with Crippen LogP contribution in [0.1, 0.15) is 12.8 Å². The van der Waals surface area contributed by atoms with Crippen molar-refractivity contribution in [1.29, 1.82) is 0 Å². The number of amides is 2. The predicted molar refractivity (Wildman–Crippen MR) is 88.1 cm³/mol. The van der Waals surface area contributed by atoms with E-state index in [1.807, 2.05) is 6.07 Å². The highest BCUT2D eigenvalue weighted by Crippen LogP contribution is 2.29. The normalized spacial score (nSPS) is 14.2. The highest BCUT2D eigenvalue weighted by Gasteiger charge is 2.11. The maximum Gasteiger partial charge on any atom is 0.326 e. The Bertz CT molecular complexity index is 490. The Morgan fingerprint density at radius 2 is 2.15 bits per heavy atom. The zero-order valence-electron chi connectivity index (χ0n) is 10.6. The molecule has 0 radical (unpaired) electrons. The van der Waals surface area contributed by atoms with Crippen molar-refractivity contribution in [3.8, 4) is 0 Å². The number of anilines is 1. The van der Waals surface area contributed by atoms with Gasteiger partial charge in [0.05, 0.1) is 10.7 Å². The lowest BCUT2D eigenvalue weighted by Crippen LogP contribution is -2.43. The summed E-state index contributed by atoms with van der Waals surface area (Å²) in [6.07, 6.45) is 2.07. The van der Waals surface area contributed by atoms with E-state index < -0.39 is 0 Å². The molecule has 0 atom stereocenters. The number of nitrogens with one attached hydrogen (secondary N) is 3. The smallest absolute Gasteiger partial charge is 0.326 e. The van der Waals surface area contributed by atoms with Gasteiger partial charge in [0, 0.05) is 17.6 Å². The van der Waals surface area contributed by atoms with E-state index in [9.17, 15) is 4.79 Å². The lowest BCUT2D eigenvalue weighted by atomic mass is 10.3. The molecule has 0 saturated heterocycles. The maximum atomic E-state index is 11.9. The second-order valence-electron chi connectivity index (χ2n) is 4.04. The Kier molecular flexibility index (Phi) is 7.12. The average Bonchev–Trinajstić information content (AvgIpc) is 2.63. The van der Waals surface area contributed by atoms with Crippen molar-refractivity contribution >= 4 is 57.6 Å². The Labute approximate surface area is 137 Å². The molecule has 1 aliphatic heterocycles. The van der Waals surface area contributed by atoms with Crippen LogP contribution in [0, 0.1) is 0 Å². The van der Waals surface area contributed by atoms with E-state index >= 15 is 0 Å². The molecule has 0 fully saturated rings. The number of hydrogen-bond acceptors (Lipinski definition) is 3. The molecule has 0 aromatic heterocycles. The van der Waals surface area contributed by atoms with Crippen molar-refractivity contribution in [2.75, 3.05) is 18.4 Å². The standard InChI is InChI=1S/C12H14BrClN4O.ClH/c13-8-4-3-5-9(14)10(8)17-12(19)18-11-15-6-1-2-7-16-11;/h3-5H,1-2,6-7H2,(H3,15,16,17,18,19);1H. The third-order valence-electron chi connectivity index (χ3n) is 2.58. The first kappa shape index (κ1) is 17.1. The van der Waals surface area contributed by atoms with Crippen molar-refractivity contribution in [2.45, 2.75) is 12.8 Å². The van der Waals surface area contributed by atoms with Crippen molar-refractivity contribution < 1.29 is 4.79 Å². The molecule has 2 amide bonds. The Hall–Kier alpha value is -0.980. The van der Waals surface area contributed by atoms with Crippen LogP contribution < -0.4 is 16.0 Å². The number of benzene rings is 1. The number of hydrogen-bond donors (Lipinski definition) is 3. The van der Waals surface area contributed by atoms with E-state index in [-0.39, 0.29) is 18.4 Å². The first-order valence-electron chi connectivity index (χ1n) is 5.97. The summed E-state index contributed by atoms with van der Waals surface area (Å²) >= 11 is 9.36. The van der Waals surface area contributed by atoms with Gasteiger partial charge in [-0.25, -0.2) is 4.79 Å². The predicted octanol–water partition coefficient (Wildman–Crippen LogP) is 3.39. The Balaban J connectivity index is 0.00000200. The molecule has 0 bridgehead atoms. The van der Waals surface area contributed by atoms with E-state index in [0.717, 1.165) is 30.4 Å². The fraction of sp³-hybridized carbons (Fsp3) is 0.333. The average molecular weight is 382 g/mol. The van der Waals surface area contributed by atoms with Crippen molar-refractivity contribution in [3.63, 3.8) is 0 Å². The summed E-state index contributed by atoms with van der Waals surface area (Å²) in [5.41, 5.74) is 0.538. The van der Waals surface area contributed by atoms with Crippen LogP contribution >= 0.6 is 39.9 Å². The maximum absolute atomic E-state index is 11.9. The minimum atomic E-state index is -0.373. The molecular weight excluding hydrogens is 367 g/mol.